The fourth-order valence-corrected chi connectivity index (χ4v) is 4.33. The maximum atomic E-state index is 6.41. The van der Waals surface area contributed by atoms with Gasteiger partial charge in [0.05, 0.1) is 24.3 Å². The summed E-state index contributed by atoms with van der Waals surface area (Å²) in [4.78, 5) is 16.8. The minimum atomic E-state index is 0.369. The SMILES string of the molecule is CCC(C)c1nn(C)c2nc(-c3sc(N4CCOCC4)nc3Cl)ncc12. The first-order chi connectivity index (χ1) is 12.6. The molecule has 0 aromatic carbocycles. The van der Waals surface area contributed by atoms with Crippen LogP contribution in [0.3, 0.4) is 0 Å². The molecule has 1 aliphatic rings. The molecule has 0 saturated carbocycles. The van der Waals surface area contributed by atoms with Crippen molar-refractivity contribution in [1.82, 2.24) is 24.7 Å². The number of nitrogens with zero attached hydrogens (tertiary/aromatic N) is 6. The number of aryl methyl sites for hydroxylation is 1. The number of halogens is 1. The van der Waals surface area contributed by atoms with E-state index in [9.17, 15) is 0 Å². The number of thiazole rings is 1. The van der Waals surface area contributed by atoms with Gasteiger partial charge in [-0.3, -0.25) is 4.68 Å². The van der Waals surface area contributed by atoms with Crippen molar-refractivity contribution in [2.24, 2.45) is 7.05 Å². The number of rotatable bonds is 4. The van der Waals surface area contributed by atoms with Gasteiger partial charge >= 0.3 is 0 Å². The summed E-state index contributed by atoms with van der Waals surface area (Å²) in [6.07, 6.45) is 2.88. The standard InChI is InChI=1S/C17H21ClN6OS/c1-4-10(2)12-11-9-19-15(21-16(11)23(3)22-12)13-14(18)20-17(26-13)24-5-7-25-8-6-24/h9-10H,4-8H2,1-3H3. The molecule has 1 fully saturated rings. The lowest BCUT2D eigenvalue weighted by Crippen LogP contribution is -2.36. The van der Waals surface area contributed by atoms with Crippen LogP contribution < -0.4 is 4.90 Å². The van der Waals surface area contributed by atoms with Crippen molar-refractivity contribution in [2.45, 2.75) is 26.2 Å². The fourth-order valence-electron chi connectivity index (χ4n) is 3.05. The molecule has 3 aromatic heterocycles. The second-order valence-electron chi connectivity index (χ2n) is 6.46. The highest BCUT2D eigenvalue weighted by molar-refractivity contribution is 7.19. The van der Waals surface area contributed by atoms with Gasteiger partial charge in [-0.2, -0.15) is 5.10 Å². The smallest absolute Gasteiger partial charge is 0.187 e. The van der Waals surface area contributed by atoms with Crippen molar-refractivity contribution in [3.05, 3.63) is 17.0 Å². The van der Waals surface area contributed by atoms with Crippen molar-refractivity contribution < 1.29 is 4.74 Å². The van der Waals surface area contributed by atoms with E-state index in [-0.39, 0.29) is 0 Å². The van der Waals surface area contributed by atoms with Gasteiger partial charge in [0.25, 0.3) is 0 Å². The Kier molecular flexibility index (Phi) is 4.81. The quantitative estimate of drug-likeness (QED) is 0.677. The van der Waals surface area contributed by atoms with Gasteiger partial charge < -0.3 is 9.64 Å². The van der Waals surface area contributed by atoms with Crippen LogP contribution in [-0.4, -0.2) is 51.0 Å². The summed E-state index contributed by atoms with van der Waals surface area (Å²) in [5, 5.41) is 6.98. The summed E-state index contributed by atoms with van der Waals surface area (Å²) in [7, 11) is 1.92. The first-order valence-electron chi connectivity index (χ1n) is 8.77. The third-order valence-corrected chi connectivity index (χ3v) is 6.24. The molecular weight excluding hydrogens is 372 g/mol. The molecular formula is C17H21ClN6OS. The first-order valence-corrected chi connectivity index (χ1v) is 9.97. The zero-order valence-electron chi connectivity index (χ0n) is 15.1. The molecule has 0 bridgehead atoms. The molecule has 3 aromatic rings. The maximum Gasteiger partial charge on any atom is 0.187 e. The molecule has 4 heterocycles. The minimum absolute atomic E-state index is 0.369. The molecule has 9 heteroatoms. The predicted molar refractivity (Wildman–Crippen MR) is 104 cm³/mol. The normalized spacial score (nSPS) is 16.4. The lowest BCUT2D eigenvalue weighted by atomic mass is 10.0. The van der Waals surface area contributed by atoms with Gasteiger partial charge in [-0.1, -0.05) is 36.8 Å². The van der Waals surface area contributed by atoms with Crippen LogP contribution in [0, 0.1) is 0 Å². The summed E-state index contributed by atoms with van der Waals surface area (Å²) < 4.78 is 7.22. The van der Waals surface area contributed by atoms with E-state index in [4.69, 9.17) is 21.3 Å². The van der Waals surface area contributed by atoms with E-state index in [1.165, 1.54) is 11.3 Å². The molecule has 0 aliphatic carbocycles. The third kappa shape index (κ3) is 3.06. The second kappa shape index (κ2) is 7.09. The van der Waals surface area contributed by atoms with E-state index < -0.39 is 0 Å². The van der Waals surface area contributed by atoms with Crippen LogP contribution >= 0.6 is 22.9 Å². The molecule has 26 heavy (non-hydrogen) atoms. The predicted octanol–water partition coefficient (Wildman–Crippen LogP) is 3.49. The number of aromatic nitrogens is 5. The van der Waals surface area contributed by atoms with Gasteiger partial charge in [-0.05, 0) is 6.42 Å². The summed E-state index contributed by atoms with van der Waals surface area (Å²) >= 11 is 7.93. The van der Waals surface area contributed by atoms with E-state index >= 15 is 0 Å². The van der Waals surface area contributed by atoms with Gasteiger partial charge in [-0.25, -0.2) is 15.0 Å². The second-order valence-corrected chi connectivity index (χ2v) is 7.80. The fraction of sp³-hybridized carbons (Fsp3) is 0.529. The highest BCUT2D eigenvalue weighted by atomic mass is 35.5. The van der Waals surface area contributed by atoms with Gasteiger partial charge in [0.1, 0.15) is 4.88 Å². The van der Waals surface area contributed by atoms with Gasteiger partial charge in [0.15, 0.2) is 21.8 Å². The van der Waals surface area contributed by atoms with Gasteiger partial charge in [-0.15, -0.1) is 0 Å². The van der Waals surface area contributed by atoms with E-state index in [1.54, 1.807) is 0 Å². The van der Waals surface area contributed by atoms with Crippen molar-refractivity contribution in [1.29, 1.82) is 0 Å². The Bertz CT molecular complexity index is 933. The van der Waals surface area contributed by atoms with Crippen LogP contribution in [0.2, 0.25) is 5.15 Å². The summed E-state index contributed by atoms with van der Waals surface area (Å²) in [5.74, 6) is 0.964. The van der Waals surface area contributed by atoms with E-state index in [2.05, 4.69) is 33.8 Å². The number of ether oxygens (including phenoxy) is 1. The largest absolute Gasteiger partial charge is 0.378 e. The molecule has 138 valence electrons. The van der Waals surface area contributed by atoms with Crippen molar-refractivity contribution in [3.63, 3.8) is 0 Å². The van der Waals surface area contributed by atoms with Crippen LogP contribution in [0.15, 0.2) is 6.20 Å². The Morgan fingerprint density at radius 2 is 2.08 bits per heavy atom. The Hall–Kier alpha value is -1.77. The van der Waals surface area contributed by atoms with Crippen LogP contribution in [0.25, 0.3) is 21.7 Å². The molecule has 1 atom stereocenters. The number of anilines is 1. The zero-order chi connectivity index (χ0) is 18.3. The molecule has 0 radical (unpaired) electrons. The number of hydrogen-bond acceptors (Lipinski definition) is 7. The van der Waals surface area contributed by atoms with E-state index in [1.807, 2.05) is 17.9 Å². The Balaban J connectivity index is 1.73. The monoisotopic (exact) mass is 392 g/mol. The van der Waals surface area contributed by atoms with Crippen LogP contribution in [0.1, 0.15) is 31.9 Å². The van der Waals surface area contributed by atoms with Crippen LogP contribution in [-0.2, 0) is 11.8 Å². The van der Waals surface area contributed by atoms with Crippen molar-refractivity contribution in [2.75, 3.05) is 31.2 Å². The molecule has 1 saturated heterocycles. The van der Waals surface area contributed by atoms with Gasteiger partial charge in [0, 0.05) is 32.3 Å². The average molecular weight is 393 g/mol. The number of hydrogen-bond donors (Lipinski definition) is 0. The summed E-state index contributed by atoms with van der Waals surface area (Å²) in [6, 6.07) is 0. The maximum absolute atomic E-state index is 6.41. The molecule has 4 rings (SSSR count). The van der Waals surface area contributed by atoms with Gasteiger partial charge in [0.2, 0.25) is 0 Å². The third-order valence-electron chi connectivity index (χ3n) is 4.75. The van der Waals surface area contributed by atoms with Crippen LogP contribution in [0.4, 0.5) is 5.13 Å². The average Bonchev–Trinajstić information content (AvgIpc) is 3.22. The summed E-state index contributed by atoms with van der Waals surface area (Å²) in [5.41, 5.74) is 1.86. The zero-order valence-corrected chi connectivity index (χ0v) is 16.6. The first kappa shape index (κ1) is 17.6. The molecule has 0 spiro atoms. The molecule has 0 N–H and O–H groups in total. The molecule has 1 unspecified atom stereocenters. The molecule has 1 aliphatic heterocycles. The highest BCUT2D eigenvalue weighted by Crippen LogP contribution is 2.37. The van der Waals surface area contributed by atoms with Crippen molar-refractivity contribution >= 4 is 39.1 Å². The lowest BCUT2D eigenvalue weighted by Gasteiger charge is -2.25. The lowest BCUT2D eigenvalue weighted by molar-refractivity contribution is 0.122. The Morgan fingerprint density at radius 1 is 1.31 bits per heavy atom. The topological polar surface area (TPSA) is 69.0 Å². The molecule has 0 amide bonds. The minimum Gasteiger partial charge on any atom is -0.378 e. The Morgan fingerprint density at radius 3 is 2.81 bits per heavy atom. The highest BCUT2D eigenvalue weighted by Gasteiger charge is 2.22. The van der Waals surface area contributed by atoms with E-state index in [0.717, 1.165) is 46.2 Å². The summed E-state index contributed by atoms with van der Waals surface area (Å²) in [6.45, 7) is 7.39. The molecule has 7 nitrogen and oxygen atoms in total. The van der Waals surface area contributed by atoms with Crippen molar-refractivity contribution in [3.8, 4) is 10.7 Å². The number of fused-ring (bicyclic) bond motifs is 1. The van der Waals surface area contributed by atoms with Crippen LogP contribution in [0.5, 0.6) is 0 Å². The Labute approximate surface area is 161 Å². The van der Waals surface area contributed by atoms with E-state index in [0.29, 0.717) is 30.1 Å². The number of morpholine rings is 1.